The third-order valence-electron chi connectivity index (χ3n) is 1.87. The Morgan fingerprint density at radius 2 is 2.00 bits per heavy atom. The van der Waals surface area contributed by atoms with Crippen molar-refractivity contribution in [3.05, 3.63) is 29.3 Å². The summed E-state index contributed by atoms with van der Waals surface area (Å²) < 4.78 is 0. The number of carbonyl (C=O) groups is 1. The molecule has 0 bridgehead atoms. The van der Waals surface area contributed by atoms with Gasteiger partial charge in [0, 0.05) is 0 Å². The van der Waals surface area contributed by atoms with Crippen molar-refractivity contribution < 1.29 is 15.0 Å². The second kappa shape index (κ2) is 4.13. The summed E-state index contributed by atoms with van der Waals surface area (Å²) in [5.74, 6) is -0.551. The molecule has 2 N–H and O–H groups in total. The van der Waals surface area contributed by atoms with Crippen LogP contribution in [0.15, 0.2) is 18.2 Å². The summed E-state index contributed by atoms with van der Waals surface area (Å²) in [5, 5.41) is 18.0. The van der Waals surface area contributed by atoms with Gasteiger partial charge in [-0.05, 0) is 36.1 Å². The Kier molecular flexibility index (Phi) is 3.12. The fourth-order valence-corrected chi connectivity index (χ4v) is 1.39. The normalized spacial score (nSPS) is 10.5. The van der Waals surface area contributed by atoms with E-state index >= 15 is 0 Å². The average molecular weight is 194 g/mol. The number of carboxylic acid groups (broad SMARTS) is 1. The SMILES string of the molecule is CC(C)Cc1cc(O)cc(C(=O)O)c1. The van der Waals surface area contributed by atoms with Gasteiger partial charge in [-0.15, -0.1) is 0 Å². The summed E-state index contributed by atoms with van der Waals surface area (Å²) in [7, 11) is 0. The van der Waals surface area contributed by atoms with Crippen LogP contribution in [-0.4, -0.2) is 16.2 Å². The number of phenolic OH excluding ortho intramolecular Hbond substituents is 1. The molecular formula is C11H14O3. The maximum absolute atomic E-state index is 10.7. The van der Waals surface area contributed by atoms with Crippen LogP contribution >= 0.6 is 0 Å². The zero-order valence-electron chi connectivity index (χ0n) is 8.32. The first-order valence-electron chi connectivity index (χ1n) is 4.55. The zero-order valence-corrected chi connectivity index (χ0v) is 8.32. The highest BCUT2D eigenvalue weighted by Gasteiger charge is 2.07. The molecule has 0 heterocycles. The molecule has 14 heavy (non-hydrogen) atoms. The largest absolute Gasteiger partial charge is 0.508 e. The monoisotopic (exact) mass is 194 g/mol. The molecule has 76 valence electrons. The second-order valence-corrected chi connectivity index (χ2v) is 3.79. The molecule has 0 amide bonds. The van der Waals surface area contributed by atoms with Crippen LogP contribution in [0, 0.1) is 5.92 Å². The molecule has 1 aromatic carbocycles. The molecule has 0 saturated heterocycles. The molecule has 0 atom stereocenters. The van der Waals surface area contributed by atoms with Crippen LogP contribution in [0.1, 0.15) is 29.8 Å². The molecule has 0 fully saturated rings. The summed E-state index contributed by atoms with van der Waals surface area (Å²) in [4.78, 5) is 10.7. The molecule has 1 rings (SSSR count). The highest BCUT2D eigenvalue weighted by Crippen LogP contribution is 2.18. The lowest BCUT2D eigenvalue weighted by Crippen LogP contribution is -2.00. The molecule has 3 heteroatoms. The number of rotatable bonds is 3. The molecule has 3 nitrogen and oxygen atoms in total. The van der Waals surface area contributed by atoms with Gasteiger partial charge in [0.05, 0.1) is 5.56 Å². The third kappa shape index (κ3) is 2.76. The van der Waals surface area contributed by atoms with E-state index in [2.05, 4.69) is 0 Å². The van der Waals surface area contributed by atoms with Crippen molar-refractivity contribution in [2.75, 3.05) is 0 Å². The summed E-state index contributed by atoms with van der Waals surface area (Å²) in [6.07, 6.45) is 0.772. The smallest absolute Gasteiger partial charge is 0.335 e. The van der Waals surface area contributed by atoms with Crippen molar-refractivity contribution in [3.8, 4) is 5.75 Å². The number of carboxylic acids is 1. The number of benzene rings is 1. The first kappa shape index (κ1) is 10.6. The molecule has 0 spiro atoms. The Hall–Kier alpha value is -1.51. The minimum Gasteiger partial charge on any atom is -0.508 e. The number of hydrogen-bond acceptors (Lipinski definition) is 2. The predicted molar refractivity (Wildman–Crippen MR) is 53.6 cm³/mol. The highest BCUT2D eigenvalue weighted by molar-refractivity contribution is 5.88. The van der Waals surface area contributed by atoms with Crippen molar-refractivity contribution in [2.45, 2.75) is 20.3 Å². The number of aromatic hydroxyl groups is 1. The summed E-state index contributed by atoms with van der Waals surface area (Å²) in [6, 6.07) is 4.46. The van der Waals surface area contributed by atoms with Gasteiger partial charge in [0.2, 0.25) is 0 Å². The third-order valence-corrected chi connectivity index (χ3v) is 1.87. The van der Waals surface area contributed by atoms with Gasteiger partial charge >= 0.3 is 5.97 Å². The maximum Gasteiger partial charge on any atom is 0.335 e. The second-order valence-electron chi connectivity index (χ2n) is 3.79. The molecule has 0 radical (unpaired) electrons. The summed E-state index contributed by atoms with van der Waals surface area (Å²) in [6.45, 7) is 4.09. The maximum atomic E-state index is 10.7. The van der Waals surface area contributed by atoms with Crippen molar-refractivity contribution in [3.63, 3.8) is 0 Å². The molecule has 0 aromatic heterocycles. The minimum atomic E-state index is -1.01. The van der Waals surface area contributed by atoms with E-state index in [0.29, 0.717) is 5.92 Å². The Morgan fingerprint density at radius 3 is 2.50 bits per heavy atom. The van der Waals surface area contributed by atoms with Crippen LogP contribution in [-0.2, 0) is 6.42 Å². The van der Waals surface area contributed by atoms with Gasteiger partial charge in [0.1, 0.15) is 5.75 Å². The van der Waals surface area contributed by atoms with Crippen LogP contribution in [0.5, 0.6) is 5.75 Å². The van der Waals surface area contributed by atoms with Crippen LogP contribution in [0.2, 0.25) is 0 Å². The molecule has 0 aliphatic rings. The molecule has 0 unspecified atom stereocenters. The number of aromatic carboxylic acids is 1. The minimum absolute atomic E-state index is 0.0144. The topological polar surface area (TPSA) is 57.5 Å². The lowest BCUT2D eigenvalue weighted by atomic mass is 10.0. The van der Waals surface area contributed by atoms with Crippen LogP contribution in [0.4, 0.5) is 0 Å². The van der Waals surface area contributed by atoms with E-state index in [9.17, 15) is 9.90 Å². The first-order chi connectivity index (χ1) is 6.49. The van der Waals surface area contributed by atoms with E-state index in [1.54, 1.807) is 12.1 Å². The Morgan fingerprint density at radius 1 is 1.36 bits per heavy atom. The lowest BCUT2D eigenvalue weighted by Gasteiger charge is -2.06. The Labute approximate surface area is 83.0 Å². The van der Waals surface area contributed by atoms with E-state index in [1.807, 2.05) is 13.8 Å². The van der Waals surface area contributed by atoms with Crippen LogP contribution in [0.3, 0.4) is 0 Å². The molecule has 0 saturated carbocycles. The summed E-state index contributed by atoms with van der Waals surface area (Å²) >= 11 is 0. The van der Waals surface area contributed by atoms with Gasteiger partial charge in [-0.2, -0.15) is 0 Å². The lowest BCUT2D eigenvalue weighted by molar-refractivity contribution is 0.0696. The Bertz CT molecular complexity index is 342. The van der Waals surface area contributed by atoms with Crippen LogP contribution in [0.25, 0.3) is 0 Å². The molecular weight excluding hydrogens is 180 g/mol. The standard InChI is InChI=1S/C11H14O3/c1-7(2)3-8-4-9(11(13)14)6-10(12)5-8/h4-7,12H,3H2,1-2H3,(H,13,14). The van der Waals surface area contributed by atoms with Gasteiger partial charge in [-0.3, -0.25) is 0 Å². The number of hydrogen-bond donors (Lipinski definition) is 2. The van der Waals surface area contributed by atoms with Crippen molar-refractivity contribution in [1.82, 2.24) is 0 Å². The fraction of sp³-hybridized carbons (Fsp3) is 0.364. The van der Waals surface area contributed by atoms with Gasteiger partial charge in [-0.25, -0.2) is 4.79 Å². The van der Waals surface area contributed by atoms with E-state index in [1.165, 1.54) is 6.07 Å². The van der Waals surface area contributed by atoms with Crippen LogP contribution < -0.4 is 0 Å². The predicted octanol–water partition coefficient (Wildman–Crippen LogP) is 2.29. The van der Waals surface area contributed by atoms with Gasteiger partial charge < -0.3 is 10.2 Å². The van der Waals surface area contributed by atoms with E-state index in [4.69, 9.17) is 5.11 Å². The van der Waals surface area contributed by atoms with Crippen molar-refractivity contribution >= 4 is 5.97 Å². The van der Waals surface area contributed by atoms with Crippen molar-refractivity contribution in [2.24, 2.45) is 5.92 Å². The zero-order chi connectivity index (χ0) is 10.7. The average Bonchev–Trinajstić information content (AvgIpc) is 2.01. The van der Waals surface area contributed by atoms with Gasteiger partial charge in [0.15, 0.2) is 0 Å². The van der Waals surface area contributed by atoms with E-state index < -0.39 is 5.97 Å². The van der Waals surface area contributed by atoms with Gasteiger partial charge in [-0.1, -0.05) is 13.8 Å². The first-order valence-corrected chi connectivity index (χ1v) is 4.55. The fourth-order valence-electron chi connectivity index (χ4n) is 1.39. The molecule has 0 aliphatic heterocycles. The Balaban J connectivity index is 3.01. The summed E-state index contributed by atoms with van der Waals surface area (Å²) in [5.41, 5.74) is 0.998. The molecule has 1 aromatic rings. The number of phenols is 1. The van der Waals surface area contributed by atoms with E-state index in [-0.39, 0.29) is 11.3 Å². The van der Waals surface area contributed by atoms with E-state index in [0.717, 1.165) is 12.0 Å². The molecule has 0 aliphatic carbocycles. The van der Waals surface area contributed by atoms with Crippen molar-refractivity contribution in [1.29, 1.82) is 0 Å². The van der Waals surface area contributed by atoms with Gasteiger partial charge in [0.25, 0.3) is 0 Å². The highest BCUT2D eigenvalue weighted by atomic mass is 16.4. The quantitative estimate of drug-likeness (QED) is 0.776.